The van der Waals surface area contributed by atoms with Gasteiger partial charge in [-0.25, -0.2) is 4.98 Å². The average molecular weight is 434 g/mol. The van der Waals surface area contributed by atoms with Crippen LogP contribution >= 0.6 is 22.9 Å². The second kappa shape index (κ2) is 8.33. The maximum Gasteiger partial charge on any atom is 0.270 e. The van der Waals surface area contributed by atoms with Crippen LogP contribution in [0.2, 0.25) is 5.02 Å². The quantitative estimate of drug-likeness (QED) is 0.198. The zero-order valence-electron chi connectivity index (χ0n) is 15.3. The first kappa shape index (κ1) is 19.6. The summed E-state index contributed by atoms with van der Waals surface area (Å²) in [6.07, 6.45) is 1.60. The molecular formula is C22H12ClN3O3S. The monoisotopic (exact) mass is 433 g/mol. The van der Waals surface area contributed by atoms with Gasteiger partial charge in [-0.05, 0) is 24.3 Å². The SMILES string of the molecule is N#C/C(=C\c1ccc(-c2cccc([N+](=O)[O-])c2)o1)c1nc(-c2ccc(Cl)cc2)cs1. The maximum atomic E-state index is 11.0. The van der Waals surface area contributed by atoms with Gasteiger partial charge in [-0.15, -0.1) is 11.3 Å². The Balaban J connectivity index is 1.61. The number of allylic oxidation sites excluding steroid dienone is 1. The molecule has 0 bridgehead atoms. The van der Waals surface area contributed by atoms with E-state index in [1.54, 1.807) is 42.5 Å². The van der Waals surface area contributed by atoms with Crippen LogP contribution in [0.25, 0.3) is 34.2 Å². The minimum Gasteiger partial charge on any atom is -0.457 e. The van der Waals surface area contributed by atoms with E-state index in [-0.39, 0.29) is 5.69 Å². The van der Waals surface area contributed by atoms with Crippen molar-refractivity contribution < 1.29 is 9.34 Å². The van der Waals surface area contributed by atoms with E-state index in [1.807, 2.05) is 17.5 Å². The molecule has 4 aromatic rings. The number of nitrogens with zero attached hydrogens (tertiary/aromatic N) is 3. The second-order valence-electron chi connectivity index (χ2n) is 6.22. The fraction of sp³-hybridized carbons (Fsp3) is 0. The van der Waals surface area contributed by atoms with E-state index in [0.29, 0.717) is 32.7 Å². The third kappa shape index (κ3) is 4.15. The van der Waals surface area contributed by atoms with Gasteiger partial charge < -0.3 is 4.42 Å². The fourth-order valence-electron chi connectivity index (χ4n) is 2.79. The van der Waals surface area contributed by atoms with Gasteiger partial charge in [0, 0.05) is 39.7 Å². The van der Waals surface area contributed by atoms with Crippen molar-refractivity contribution in [3.05, 3.63) is 91.9 Å². The number of non-ortho nitro benzene ring substituents is 1. The van der Waals surface area contributed by atoms with Gasteiger partial charge in [0.05, 0.1) is 16.2 Å². The highest BCUT2D eigenvalue weighted by Gasteiger charge is 2.12. The molecule has 0 amide bonds. The van der Waals surface area contributed by atoms with Crippen molar-refractivity contribution in [1.82, 2.24) is 4.98 Å². The molecule has 0 atom stereocenters. The van der Waals surface area contributed by atoms with Crippen LogP contribution in [0.5, 0.6) is 0 Å². The van der Waals surface area contributed by atoms with Crippen LogP contribution in [0, 0.1) is 21.4 Å². The molecule has 146 valence electrons. The summed E-state index contributed by atoms with van der Waals surface area (Å²) < 4.78 is 5.77. The van der Waals surface area contributed by atoms with E-state index in [0.717, 1.165) is 11.3 Å². The summed E-state index contributed by atoms with van der Waals surface area (Å²) in [5.74, 6) is 0.930. The first-order chi connectivity index (χ1) is 14.5. The molecule has 6 nitrogen and oxygen atoms in total. The highest BCUT2D eigenvalue weighted by molar-refractivity contribution is 7.11. The number of hydrogen-bond acceptors (Lipinski definition) is 6. The number of benzene rings is 2. The van der Waals surface area contributed by atoms with Crippen LogP contribution in [-0.2, 0) is 0 Å². The highest BCUT2D eigenvalue weighted by Crippen LogP contribution is 2.30. The molecule has 2 aromatic carbocycles. The van der Waals surface area contributed by atoms with Crippen molar-refractivity contribution in [2.24, 2.45) is 0 Å². The lowest BCUT2D eigenvalue weighted by molar-refractivity contribution is -0.384. The molecule has 0 aliphatic heterocycles. The lowest BCUT2D eigenvalue weighted by atomic mass is 10.1. The Morgan fingerprint density at radius 2 is 1.97 bits per heavy atom. The molecule has 0 saturated heterocycles. The fourth-order valence-corrected chi connectivity index (χ4v) is 3.71. The van der Waals surface area contributed by atoms with E-state index in [2.05, 4.69) is 11.1 Å². The predicted molar refractivity (Wildman–Crippen MR) is 117 cm³/mol. The van der Waals surface area contributed by atoms with Gasteiger partial charge in [-0.2, -0.15) is 5.26 Å². The molecule has 8 heteroatoms. The topological polar surface area (TPSA) is 93.0 Å². The van der Waals surface area contributed by atoms with Gasteiger partial charge in [-0.1, -0.05) is 35.9 Å². The minimum absolute atomic E-state index is 0.0174. The van der Waals surface area contributed by atoms with Crippen LogP contribution in [0.15, 0.2) is 70.5 Å². The number of nitro groups is 1. The second-order valence-corrected chi connectivity index (χ2v) is 7.52. The van der Waals surface area contributed by atoms with E-state index in [4.69, 9.17) is 16.0 Å². The zero-order valence-corrected chi connectivity index (χ0v) is 16.9. The van der Waals surface area contributed by atoms with Gasteiger partial charge in [-0.3, -0.25) is 10.1 Å². The Hall–Kier alpha value is -3.73. The van der Waals surface area contributed by atoms with Crippen LogP contribution in [0.1, 0.15) is 10.8 Å². The lowest BCUT2D eigenvalue weighted by Gasteiger charge is -1.97. The van der Waals surface area contributed by atoms with Crippen molar-refractivity contribution in [3.63, 3.8) is 0 Å². The van der Waals surface area contributed by atoms with Gasteiger partial charge in [0.25, 0.3) is 5.69 Å². The summed E-state index contributed by atoms with van der Waals surface area (Å²) in [6.45, 7) is 0. The molecule has 0 radical (unpaired) electrons. The Bertz CT molecular complexity index is 1300. The largest absolute Gasteiger partial charge is 0.457 e. The molecule has 0 spiro atoms. The Labute approximate surface area is 180 Å². The first-order valence-electron chi connectivity index (χ1n) is 8.72. The van der Waals surface area contributed by atoms with Gasteiger partial charge in [0.1, 0.15) is 22.6 Å². The lowest BCUT2D eigenvalue weighted by Crippen LogP contribution is -1.87. The molecule has 0 N–H and O–H groups in total. The van der Waals surface area contributed by atoms with Gasteiger partial charge in [0.15, 0.2) is 0 Å². The van der Waals surface area contributed by atoms with E-state index >= 15 is 0 Å². The molecule has 0 fully saturated rings. The van der Waals surface area contributed by atoms with Crippen molar-refractivity contribution in [2.75, 3.05) is 0 Å². The number of aromatic nitrogens is 1. The molecule has 0 saturated carbocycles. The molecule has 30 heavy (non-hydrogen) atoms. The van der Waals surface area contributed by atoms with Crippen LogP contribution in [-0.4, -0.2) is 9.91 Å². The number of nitriles is 1. The zero-order chi connectivity index (χ0) is 21.1. The smallest absolute Gasteiger partial charge is 0.270 e. The third-order valence-corrected chi connectivity index (χ3v) is 5.38. The first-order valence-corrected chi connectivity index (χ1v) is 9.97. The summed E-state index contributed by atoms with van der Waals surface area (Å²) in [5.41, 5.74) is 2.59. The summed E-state index contributed by atoms with van der Waals surface area (Å²) in [7, 11) is 0. The summed E-state index contributed by atoms with van der Waals surface area (Å²) >= 11 is 7.28. The number of thiazole rings is 1. The molecule has 2 aromatic heterocycles. The number of rotatable bonds is 5. The van der Waals surface area contributed by atoms with E-state index in [9.17, 15) is 15.4 Å². The van der Waals surface area contributed by atoms with Gasteiger partial charge >= 0.3 is 0 Å². The van der Waals surface area contributed by atoms with Crippen molar-refractivity contribution in [1.29, 1.82) is 5.26 Å². The number of furan rings is 1. The van der Waals surface area contributed by atoms with Crippen LogP contribution in [0.3, 0.4) is 0 Å². The van der Waals surface area contributed by atoms with E-state index < -0.39 is 4.92 Å². The Kier molecular flexibility index (Phi) is 5.44. The number of hydrogen-bond donors (Lipinski definition) is 0. The highest BCUT2D eigenvalue weighted by atomic mass is 35.5. The van der Waals surface area contributed by atoms with Crippen molar-refractivity contribution in [2.45, 2.75) is 0 Å². The van der Waals surface area contributed by atoms with Crippen molar-refractivity contribution in [3.8, 4) is 28.7 Å². The predicted octanol–water partition coefficient (Wildman–Crippen LogP) is 6.70. The van der Waals surface area contributed by atoms with Crippen molar-refractivity contribution >= 4 is 40.3 Å². The number of nitro benzene ring substituents is 1. The Morgan fingerprint density at radius 1 is 1.17 bits per heavy atom. The van der Waals surface area contributed by atoms with Crippen LogP contribution < -0.4 is 0 Å². The standard InChI is InChI=1S/C22H12ClN3O3S/c23-17-6-4-14(5-7-17)20-13-30-22(25-20)16(12-24)11-19-8-9-21(29-19)15-2-1-3-18(10-15)26(27)28/h1-11,13H/b16-11+. The molecular weight excluding hydrogens is 422 g/mol. The minimum atomic E-state index is -0.457. The van der Waals surface area contributed by atoms with E-state index in [1.165, 1.54) is 23.5 Å². The van der Waals surface area contributed by atoms with Crippen LogP contribution in [0.4, 0.5) is 5.69 Å². The molecule has 2 heterocycles. The molecule has 4 rings (SSSR count). The Morgan fingerprint density at radius 3 is 2.70 bits per heavy atom. The van der Waals surface area contributed by atoms with Gasteiger partial charge in [0.2, 0.25) is 0 Å². The summed E-state index contributed by atoms with van der Waals surface area (Å²) in [4.78, 5) is 15.1. The summed E-state index contributed by atoms with van der Waals surface area (Å²) in [5, 5.41) is 23.6. The molecule has 0 aliphatic rings. The average Bonchev–Trinajstić information content (AvgIpc) is 3.43. The summed E-state index contributed by atoms with van der Waals surface area (Å²) in [6, 6.07) is 19.1. The molecule has 0 aliphatic carbocycles. The number of halogens is 1. The normalized spacial score (nSPS) is 11.3. The molecule has 0 unspecified atom stereocenters. The maximum absolute atomic E-state index is 11.0. The third-order valence-electron chi connectivity index (χ3n) is 4.25.